The van der Waals surface area contributed by atoms with E-state index in [0.29, 0.717) is 19.5 Å². The maximum atomic E-state index is 13.7. The number of carbonyl (C=O) groups excluding carboxylic acids is 13. The van der Waals surface area contributed by atoms with Crippen molar-refractivity contribution >= 4 is 164 Å². The Bertz CT molecular complexity index is 6220. The first-order valence-electron chi connectivity index (χ1n) is 45.6. The molecule has 8 saturated heterocycles. The molecule has 15 aliphatic rings. The Kier molecular flexibility index (Phi) is 22.3. The van der Waals surface area contributed by atoms with Crippen LogP contribution in [-0.4, -0.2) is 253 Å². The van der Waals surface area contributed by atoms with Crippen LogP contribution in [0.5, 0.6) is 0 Å². The van der Waals surface area contributed by atoms with E-state index in [-0.39, 0.29) is 71.0 Å². The molecule has 35 nitrogen and oxygen atoms in total. The van der Waals surface area contributed by atoms with Crippen molar-refractivity contribution in [3.8, 4) is 0 Å². The van der Waals surface area contributed by atoms with Crippen molar-refractivity contribution in [2.45, 2.75) is 306 Å². The van der Waals surface area contributed by atoms with Crippen LogP contribution in [0.2, 0.25) is 0 Å². The third-order valence-corrected chi connectivity index (χ3v) is 29.7. The van der Waals surface area contributed by atoms with Gasteiger partial charge in [0.2, 0.25) is 11.6 Å². The molecule has 35 heteroatoms. The minimum atomic E-state index is -2.18. The lowest BCUT2D eigenvalue weighted by molar-refractivity contribution is -0.480. The number of aromatic nitrogens is 1. The number of pyridine rings is 1. The van der Waals surface area contributed by atoms with Gasteiger partial charge < -0.3 is 104 Å². The first kappa shape index (κ1) is 91.1. The summed E-state index contributed by atoms with van der Waals surface area (Å²) in [6, 6.07) is 14.5. The lowest BCUT2D eigenvalue weighted by Crippen LogP contribution is -2.83. The van der Waals surface area contributed by atoms with Gasteiger partial charge in [-0.15, -0.1) is 0 Å². The van der Waals surface area contributed by atoms with E-state index in [1.807, 2.05) is 19.0 Å². The number of carbonyl (C=O) groups is 13. The molecule has 0 spiro atoms. The molecular formula is C98H108N2O33. The number of hydrogen-bond acceptors (Lipinski definition) is 34. The molecule has 9 aliphatic heterocycles. The predicted octanol–water partition coefficient (Wildman–Crippen LogP) is 9.84. The monoisotopic (exact) mass is 1840 g/mol. The SMILES string of the molecule is CC(=O)OCC1OC2(CCCn3c4c5cc6c7c8c(cc9ccc%10cc%11c%12c%13c(cc(c3c%13c(c3c8c9c%10c%123)c74)CC5)C%11)C6)CCC1(OC13CCC(OC(C)=O)(C(COC(C)=O)O1)C(OC(C)=O)C3OC(C)=O)C(OC(C)=O)C2OC(C)=O.CC(=O)OCC1OC2(OC34CCC(OCCN(C)C)(OC3COC(C)=O)C(OC(C)=O)C4OC(C)=O)CCC1(OC(C)=O)C(OC(C)=O)C2C. The summed E-state index contributed by atoms with van der Waals surface area (Å²) < 4.78 is 127. The molecule has 1 aromatic heterocycles. The fourth-order valence-corrected chi connectivity index (χ4v) is 25.3. The summed E-state index contributed by atoms with van der Waals surface area (Å²) in [5.74, 6) is -15.8. The average molecular weight is 1840 g/mol. The third kappa shape index (κ3) is 14.2. The Morgan fingerprint density at radius 1 is 0.353 bits per heavy atom. The van der Waals surface area contributed by atoms with Crippen LogP contribution in [0.15, 0.2) is 36.4 Å². The summed E-state index contributed by atoms with van der Waals surface area (Å²) in [5, 5.41) is 19.1. The number of esters is 13. The highest BCUT2D eigenvalue weighted by Crippen LogP contribution is 2.66. The molecule has 12 fully saturated rings. The third-order valence-electron chi connectivity index (χ3n) is 29.7. The zero-order chi connectivity index (χ0) is 94.5. The van der Waals surface area contributed by atoms with Crippen LogP contribution >= 0.6 is 0 Å². The normalized spacial score (nSPS) is 32.0. The molecule has 20 atom stereocenters. The Balaban J connectivity index is 0.000000196. The number of ether oxygens (including phenoxy) is 20. The Hall–Kier alpha value is -11.0. The predicted molar refractivity (Wildman–Crippen MR) is 465 cm³/mol. The van der Waals surface area contributed by atoms with E-state index in [0.717, 1.165) is 46.5 Å². The number of fused-ring (bicyclic) bond motifs is 12. The summed E-state index contributed by atoms with van der Waals surface area (Å²) in [5.41, 5.74) is 2.11. The van der Waals surface area contributed by atoms with Crippen molar-refractivity contribution < 1.29 is 157 Å². The van der Waals surface area contributed by atoms with Gasteiger partial charge in [-0.05, 0) is 172 Å². The highest BCUT2D eigenvalue weighted by Gasteiger charge is 2.80. The quantitative estimate of drug-likeness (QED) is 0.0182. The van der Waals surface area contributed by atoms with Crippen LogP contribution in [0.1, 0.15) is 195 Å². The number of benzene rings is 7. The van der Waals surface area contributed by atoms with Gasteiger partial charge in [0.25, 0.3) is 0 Å². The molecule has 708 valence electrons. The summed E-state index contributed by atoms with van der Waals surface area (Å²) in [7, 11) is 3.69. The van der Waals surface area contributed by atoms with Crippen molar-refractivity contribution in [2.75, 3.05) is 53.7 Å². The van der Waals surface area contributed by atoms with Gasteiger partial charge in [0.15, 0.2) is 59.7 Å². The molecule has 8 aromatic carbocycles. The van der Waals surface area contributed by atoms with Gasteiger partial charge in [0, 0.05) is 144 Å². The lowest BCUT2D eigenvalue weighted by atomic mass is 9.63. The fraction of sp³-hybridized carbons (Fsp3) is 0.582. The molecule has 0 N–H and O–H groups in total. The minimum absolute atomic E-state index is 0.0137. The molecule has 10 heterocycles. The van der Waals surface area contributed by atoms with Crippen LogP contribution in [0.3, 0.4) is 0 Å². The molecule has 0 radical (unpaired) electrons. The Labute approximate surface area is 762 Å². The van der Waals surface area contributed by atoms with Crippen LogP contribution in [-0.2, 0) is 189 Å². The molecule has 0 amide bonds. The maximum absolute atomic E-state index is 13.7. The molecule has 133 heavy (non-hydrogen) atoms. The van der Waals surface area contributed by atoms with Gasteiger partial charge in [0.05, 0.1) is 23.6 Å². The molecule has 6 aliphatic carbocycles. The van der Waals surface area contributed by atoms with Crippen molar-refractivity contribution in [3.05, 3.63) is 69.8 Å². The number of aryl methyl sites for hydroxylation is 3. The molecule has 4 saturated carbocycles. The van der Waals surface area contributed by atoms with E-state index in [1.165, 1.54) is 189 Å². The van der Waals surface area contributed by atoms with Crippen molar-refractivity contribution in [3.63, 3.8) is 0 Å². The van der Waals surface area contributed by atoms with E-state index in [2.05, 4.69) is 41.0 Å². The Morgan fingerprint density at radius 2 is 0.699 bits per heavy atom. The first-order valence-corrected chi connectivity index (χ1v) is 45.6. The van der Waals surface area contributed by atoms with Crippen LogP contribution in [0.25, 0.3) is 86.4 Å². The number of rotatable bonds is 29. The highest BCUT2D eigenvalue weighted by atomic mass is 16.8. The van der Waals surface area contributed by atoms with Gasteiger partial charge in [-0.2, -0.15) is 0 Å². The number of nitrogens with zero attached hydrogens (tertiary/aromatic N) is 2. The summed E-state index contributed by atoms with van der Waals surface area (Å²) in [4.78, 5) is 168. The smallest absolute Gasteiger partial charge is 0.303 e. The molecule has 20 unspecified atom stereocenters. The second-order valence-corrected chi connectivity index (χ2v) is 38.3. The highest BCUT2D eigenvalue weighted by molar-refractivity contribution is 6.56. The number of likely N-dealkylation sites (N-methyl/N-ethyl adjacent to an activating group) is 1. The number of hydrogen-bond donors (Lipinski definition) is 0. The van der Waals surface area contributed by atoms with Crippen LogP contribution < -0.4 is 0 Å². The maximum Gasteiger partial charge on any atom is 0.303 e. The molecule has 10 bridgehead atoms. The summed E-state index contributed by atoms with van der Waals surface area (Å²) in [6.45, 7) is 16.5. The zero-order valence-corrected chi connectivity index (χ0v) is 77.1. The first-order chi connectivity index (χ1) is 63.1. The minimum Gasteiger partial charge on any atom is -0.463 e. The average Bonchev–Trinajstić information content (AvgIpc) is 1.49. The van der Waals surface area contributed by atoms with E-state index in [1.54, 1.807) is 6.92 Å². The van der Waals surface area contributed by atoms with Crippen LogP contribution in [0.4, 0.5) is 0 Å². The van der Waals surface area contributed by atoms with Crippen molar-refractivity contribution in [2.24, 2.45) is 5.92 Å². The molecule has 9 aromatic rings. The lowest BCUT2D eigenvalue weighted by Gasteiger charge is -2.67. The van der Waals surface area contributed by atoms with Gasteiger partial charge >= 0.3 is 77.6 Å². The topological polar surface area (TPSA) is 415 Å². The van der Waals surface area contributed by atoms with E-state index in [4.69, 9.17) is 94.7 Å². The van der Waals surface area contributed by atoms with Crippen molar-refractivity contribution in [1.82, 2.24) is 9.47 Å². The Morgan fingerprint density at radius 3 is 1.17 bits per heavy atom. The molecular weight excluding hydrogens is 1730 g/mol. The summed E-state index contributed by atoms with van der Waals surface area (Å²) in [6.07, 6.45) is -10.8. The second kappa shape index (κ2) is 32.6. The molecule has 24 rings (SSSR count). The van der Waals surface area contributed by atoms with Gasteiger partial charge in [0.1, 0.15) is 67.6 Å². The second-order valence-electron chi connectivity index (χ2n) is 38.3. The van der Waals surface area contributed by atoms with Crippen molar-refractivity contribution in [1.29, 1.82) is 0 Å². The zero-order valence-electron chi connectivity index (χ0n) is 77.1. The standard InChI is InChI=1S/C65H59NO17.C33H49NO16/c1-27(67)74-25-42-63(80-33(7)73)16-17-65(82-42,61(79-32(6)72)60(63)78-31(5)71)83-64-15-14-62(81-43(64)26-75-28(2)68,58(76-29(3)69)59(64)77-30(4)70)13-8-18-66-56-36-11-12-37-22-41-24-39-20-35-10-9-34-19-38-23-40(21-36)48-46(38)50-44(34)45(35)51-47(39)49(41)55(57(37)66)53(52(50)51)54(48)56;1-18-27(44-21(4)37)30(47-24(7)40)10-12-32(18,48-25(30)16-41-19(2)35)50-31-11-13-33(43-15-14-34(8)9,49-26(31)17-42-20(3)36)29(46-23(6)39)28(31)45-22(5)38/h9-10,19-22,42-43,58-61H,8,11-18,23-26H2,1-7H3;18,25-29H,10-17H2,1-9H3. The van der Waals surface area contributed by atoms with Crippen LogP contribution in [0, 0.1) is 5.92 Å². The largest absolute Gasteiger partial charge is 0.463 e. The van der Waals surface area contributed by atoms with E-state index in [9.17, 15) is 62.3 Å². The van der Waals surface area contributed by atoms with E-state index >= 15 is 0 Å². The summed E-state index contributed by atoms with van der Waals surface area (Å²) >= 11 is 0. The van der Waals surface area contributed by atoms with Gasteiger partial charge in [-0.3, -0.25) is 62.3 Å². The fourth-order valence-electron chi connectivity index (χ4n) is 25.3. The van der Waals surface area contributed by atoms with Gasteiger partial charge in [-0.25, -0.2) is 0 Å². The van der Waals surface area contributed by atoms with E-state index < -0.39 is 216 Å². The van der Waals surface area contributed by atoms with Gasteiger partial charge in [-0.1, -0.05) is 43.3 Å².